The van der Waals surface area contributed by atoms with Crippen LogP contribution in [0.25, 0.3) is 17.0 Å². The first kappa shape index (κ1) is 21.5. The fourth-order valence-electron chi connectivity index (χ4n) is 5.18. The first-order valence-corrected chi connectivity index (χ1v) is 12.1. The Morgan fingerprint density at radius 2 is 1.94 bits per heavy atom. The third-order valence-corrected chi connectivity index (χ3v) is 6.93. The van der Waals surface area contributed by atoms with Crippen LogP contribution < -0.4 is 10.6 Å². The zero-order valence-corrected chi connectivity index (χ0v) is 19.2. The molecule has 2 amide bonds. The van der Waals surface area contributed by atoms with Gasteiger partial charge in [-0.3, -0.25) is 9.59 Å². The van der Waals surface area contributed by atoms with Crippen LogP contribution >= 0.6 is 0 Å². The topological polar surface area (TPSA) is 63.1 Å². The van der Waals surface area contributed by atoms with Gasteiger partial charge in [0.2, 0.25) is 11.8 Å². The van der Waals surface area contributed by atoms with Crippen molar-refractivity contribution in [1.29, 1.82) is 0 Å². The Morgan fingerprint density at radius 1 is 1.09 bits per heavy atom. The number of aromatic nitrogens is 1. The summed E-state index contributed by atoms with van der Waals surface area (Å²) in [6, 6.07) is 14.5. The van der Waals surface area contributed by atoms with E-state index in [-0.39, 0.29) is 11.8 Å². The van der Waals surface area contributed by atoms with Crippen LogP contribution in [0.2, 0.25) is 0 Å². The number of amides is 2. The van der Waals surface area contributed by atoms with Crippen molar-refractivity contribution in [3.05, 3.63) is 65.4 Å². The van der Waals surface area contributed by atoms with Crippen LogP contribution in [0.1, 0.15) is 55.3 Å². The molecule has 2 N–H and O–H groups in total. The average Bonchev–Trinajstić information content (AvgIpc) is 3.14. The number of carbonyl (C=O) groups excluding carboxylic acids is 2. The Balaban J connectivity index is 1.36. The van der Waals surface area contributed by atoms with Crippen LogP contribution in [-0.4, -0.2) is 16.4 Å². The van der Waals surface area contributed by atoms with E-state index in [0.29, 0.717) is 18.0 Å². The van der Waals surface area contributed by atoms with E-state index in [2.05, 4.69) is 46.4 Å². The van der Waals surface area contributed by atoms with E-state index in [1.807, 2.05) is 24.3 Å². The molecule has 0 saturated heterocycles. The van der Waals surface area contributed by atoms with Gasteiger partial charge in [-0.05, 0) is 74.1 Å². The number of benzene rings is 2. The van der Waals surface area contributed by atoms with E-state index in [4.69, 9.17) is 0 Å². The van der Waals surface area contributed by atoms with Gasteiger partial charge in [-0.1, -0.05) is 37.0 Å². The highest BCUT2D eigenvalue weighted by molar-refractivity contribution is 6.03. The summed E-state index contributed by atoms with van der Waals surface area (Å²) in [5.41, 5.74) is 6.11. The monoisotopic (exact) mass is 441 g/mol. The molecule has 5 nitrogen and oxygen atoms in total. The summed E-state index contributed by atoms with van der Waals surface area (Å²) in [4.78, 5) is 24.4. The molecule has 0 unspecified atom stereocenters. The van der Waals surface area contributed by atoms with Crippen molar-refractivity contribution in [1.82, 2.24) is 4.57 Å². The summed E-state index contributed by atoms with van der Waals surface area (Å²) < 4.78 is 2.38. The fourth-order valence-corrected chi connectivity index (χ4v) is 5.18. The Kier molecular flexibility index (Phi) is 6.03. The van der Waals surface area contributed by atoms with Crippen LogP contribution in [0, 0.1) is 12.8 Å². The summed E-state index contributed by atoms with van der Waals surface area (Å²) in [6.45, 7) is 3.11. The second kappa shape index (κ2) is 9.26. The van der Waals surface area contributed by atoms with Gasteiger partial charge in [0.1, 0.15) is 0 Å². The van der Waals surface area contributed by atoms with Crippen LogP contribution in [0.4, 0.5) is 11.4 Å². The molecule has 2 aromatic carbocycles. The lowest BCUT2D eigenvalue weighted by Gasteiger charge is -2.23. The Hall–Kier alpha value is -3.34. The van der Waals surface area contributed by atoms with Crippen molar-refractivity contribution in [2.75, 3.05) is 10.6 Å². The van der Waals surface area contributed by atoms with E-state index in [9.17, 15) is 9.59 Å². The van der Waals surface area contributed by atoms with Gasteiger partial charge in [0, 0.05) is 47.0 Å². The maximum Gasteiger partial charge on any atom is 0.248 e. The molecular formula is C28H31N3O2. The smallest absolute Gasteiger partial charge is 0.248 e. The minimum atomic E-state index is -0.178. The molecule has 2 aliphatic rings. The SMILES string of the molecule is Cc1ccc2c(c1)cc(/C=C/C(=O)Nc1ccc3c(c1)NC(=O)CC3)n2CC1CCCCC1. The standard InChI is InChI=1S/C28H31N3O2/c1-19-7-12-26-22(15-19)16-24(31(26)18-20-5-3-2-4-6-20)11-14-27(32)29-23-10-8-21-9-13-28(33)30-25(21)17-23/h7-8,10-12,14-17,20H,2-6,9,13,18H2,1H3,(H,29,32)(H,30,33)/b14-11+. The molecule has 1 aliphatic heterocycles. The van der Waals surface area contributed by atoms with Crippen molar-refractivity contribution in [3.8, 4) is 0 Å². The first-order valence-electron chi connectivity index (χ1n) is 12.1. The average molecular weight is 442 g/mol. The molecule has 0 radical (unpaired) electrons. The van der Waals surface area contributed by atoms with E-state index in [0.717, 1.165) is 29.9 Å². The van der Waals surface area contributed by atoms with E-state index >= 15 is 0 Å². The predicted molar refractivity (Wildman–Crippen MR) is 134 cm³/mol. The Labute approximate surface area is 194 Å². The van der Waals surface area contributed by atoms with E-state index in [1.54, 1.807) is 6.08 Å². The number of fused-ring (bicyclic) bond motifs is 2. The normalized spacial score (nSPS) is 16.7. The molecular weight excluding hydrogens is 410 g/mol. The molecule has 5 rings (SSSR count). The number of rotatable bonds is 5. The Morgan fingerprint density at radius 3 is 2.79 bits per heavy atom. The zero-order chi connectivity index (χ0) is 22.8. The molecule has 1 saturated carbocycles. The van der Waals surface area contributed by atoms with Crippen molar-refractivity contribution < 1.29 is 9.59 Å². The molecule has 1 aromatic heterocycles. The predicted octanol–water partition coefficient (Wildman–Crippen LogP) is 6.07. The van der Waals surface area contributed by atoms with Gasteiger partial charge in [0.15, 0.2) is 0 Å². The van der Waals surface area contributed by atoms with Crippen LogP contribution in [0.5, 0.6) is 0 Å². The van der Waals surface area contributed by atoms with Crippen LogP contribution in [-0.2, 0) is 22.6 Å². The second-order valence-corrected chi connectivity index (χ2v) is 9.49. The van der Waals surface area contributed by atoms with Gasteiger partial charge in [-0.15, -0.1) is 0 Å². The quantitative estimate of drug-likeness (QED) is 0.472. The van der Waals surface area contributed by atoms with Gasteiger partial charge >= 0.3 is 0 Å². The second-order valence-electron chi connectivity index (χ2n) is 9.49. The number of hydrogen-bond donors (Lipinski definition) is 2. The molecule has 0 atom stereocenters. The van der Waals surface area contributed by atoms with Crippen molar-refractivity contribution in [2.24, 2.45) is 5.92 Å². The lowest BCUT2D eigenvalue weighted by molar-refractivity contribution is -0.116. The minimum absolute atomic E-state index is 0.0203. The van der Waals surface area contributed by atoms with Gasteiger partial charge in [-0.25, -0.2) is 0 Å². The minimum Gasteiger partial charge on any atom is -0.341 e. The Bertz CT molecular complexity index is 1230. The van der Waals surface area contributed by atoms with E-state index in [1.165, 1.54) is 48.6 Å². The van der Waals surface area contributed by atoms with Gasteiger partial charge < -0.3 is 15.2 Å². The van der Waals surface area contributed by atoms with Gasteiger partial charge in [-0.2, -0.15) is 0 Å². The highest BCUT2D eigenvalue weighted by Gasteiger charge is 2.17. The number of carbonyl (C=O) groups is 2. The van der Waals surface area contributed by atoms with Crippen molar-refractivity contribution in [2.45, 2.75) is 58.4 Å². The molecule has 0 bridgehead atoms. The number of aryl methyl sites for hydroxylation is 2. The first-order chi connectivity index (χ1) is 16.0. The van der Waals surface area contributed by atoms with Crippen molar-refractivity contribution >= 4 is 40.2 Å². The third-order valence-electron chi connectivity index (χ3n) is 6.93. The number of nitrogens with one attached hydrogen (secondary N) is 2. The van der Waals surface area contributed by atoms with Crippen LogP contribution in [0.15, 0.2) is 48.5 Å². The molecule has 170 valence electrons. The van der Waals surface area contributed by atoms with Gasteiger partial charge in [0.25, 0.3) is 0 Å². The summed E-state index contributed by atoms with van der Waals surface area (Å²) in [5, 5.41) is 7.04. The maximum absolute atomic E-state index is 12.7. The number of anilines is 2. The summed E-state index contributed by atoms with van der Waals surface area (Å²) >= 11 is 0. The molecule has 1 aliphatic carbocycles. The largest absolute Gasteiger partial charge is 0.341 e. The molecule has 2 heterocycles. The molecule has 5 heteroatoms. The molecule has 3 aromatic rings. The summed E-state index contributed by atoms with van der Waals surface area (Å²) in [6.07, 6.45) is 11.3. The fraction of sp³-hybridized carbons (Fsp3) is 0.357. The van der Waals surface area contributed by atoms with E-state index < -0.39 is 0 Å². The van der Waals surface area contributed by atoms with Crippen molar-refractivity contribution in [3.63, 3.8) is 0 Å². The molecule has 33 heavy (non-hydrogen) atoms. The van der Waals surface area contributed by atoms with Crippen LogP contribution in [0.3, 0.4) is 0 Å². The number of nitrogens with zero attached hydrogens (tertiary/aromatic N) is 1. The van der Waals surface area contributed by atoms with Gasteiger partial charge in [0.05, 0.1) is 0 Å². The molecule has 1 fully saturated rings. The molecule has 0 spiro atoms. The zero-order valence-electron chi connectivity index (χ0n) is 19.2. The number of hydrogen-bond acceptors (Lipinski definition) is 2. The maximum atomic E-state index is 12.7. The highest BCUT2D eigenvalue weighted by atomic mass is 16.2. The summed E-state index contributed by atoms with van der Waals surface area (Å²) in [7, 11) is 0. The lowest BCUT2D eigenvalue weighted by atomic mass is 9.89. The summed E-state index contributed by atoms with van der Waals surface area (Å²) in [5.74, 6) is 0.539. The third kappa shape index (κ3) is 4.87. The lowest BCUT2D eigenvalue weighted by Crippen LogP contribution is -2.19. The highest BCUT2D eigenvalue weighted by Crippen LogP contribution is 2.30.